The molecule has 1 N–H and O–H groups in total. The van der Waals surface area contributed by atoms with Crippen LogP contribution >= 0.6 is 22.6 Å². The Morgan fingerprint density at radius 3 is 1.60 bits per heavy atom. The van der Waals surface area contributed by atoms with Crippen LogP contribution in [0.25, 0.3) is 23.5 Å². The molecule has 4 aliphatic rings. The second-order valence-corrected chi connectivity index (χ2v) is 20.0. The van der Waals surface area contributed by atoms with Crippen LogP contribution in [0.5, 0.6) is 0 Å². The molecule has 12 heteroatoms. The van der Waals surface area contributed by atoms with E-state index in [2.05, 4.69) is 96.5 Å². The Kier molecular flexibility index (Phi) is 17.8. The van der Waals surface area contributed by atoms with E-state index < -0.39 is 6.10 Å². The zero-order chi connectivity index (χ0) is 47.8. The molecule has 0 saturated heterocycles. The number of benzene rings is 2. The third-order valence-corrected chi connectivity index (χ3v) is 16.2. The number of aromatic nitrogens is 6. The summed E-state index contributed by atoms with van der Waals surface area (Å²) in [7, 11) is 0. The van der Waals surface area contributed by atoms with Crippen LogP contribution < -0.4 is 18.9 Å². The fraction of sp³-hybridized carbons (Fsp3) is 0.393. The maximum atomic E-state index is 13.4. The standard InChI is InChI=1S/C26H28FN3O.C21H23FN2O.C5H4IN.C4H9.Li/c1-3-26(16-24(31)22-6-4-5-13-28-22)12-11-19-14-23-18(15-25(19,26)2)17-29-30(23)21-9-7-20(27)8-10-21;1-3-21(10-11-25)9-8-16-12-19-15(13-20(16,21)2)14-23-24(19)18-6-4-17(22)5-7-18;6-5-3-1-2-4-7-5;1-3-4-2;/h4-10,13-14,17,24,31H,3,11-12,15-16H2,1-2H3;4-7,11-12,14H,3,8-10,13H2,1-2H3;1-4H;1,3-4H2,2H3;/q;;;-1;+1/t24?,25-,26-;20-,21-;;;/m00.../s1. The van der Waals surface area contributed by atoms with E-state index in [4.69, 9.17) is 0 Å². The number of hydrogen-bond donors (Lipinski definition) is 1. The Bertz CT molecular complexity index is 2650. The van der Waals surface area contributed by atoms with Crippen LogP contribution in [0.2, 0.25) is 0 Å². The summed E-state index contributed by atoms with van der Waals surface area (Å²) in [6.07, 6.45) is 24.1. The largest absolute Gasteiger partial charge is 1.00 e. The van der Waals surface area contributed by atoms with E-state index in [9.17, 15) is 18.7 Å². The number of carbonyl (C=O) groups excluding carboxylic acids is 1. The molecule has 6 aromatic rings. The molecule has 2 saturated carbocycles. The Morgan fingerprint density at radius 2 is 1.21 bits per heavy atom. The molecule has 2 fully saturated rings. The number of aliphatic hydroxyl groups is 1. The molecule has 4 aliphatic carbocycles. The molecule has 2 aromatic carbocycles. The first-order chi connectivity index (χ1) is 32.3. The normalized spacial score (nSPS) is 23.1. The average molecular weight is 1030 g/mol. The Hall–Kier alpha value is -4.54. The van der Waals surface area contributed by atoms with Crippen LogP contribution in [0.4, 0.5) is 8.78 Å². The first-order valence-electron chi connectivity index (χ1n) is 23.8. The summed E-state index contributed by atoms with van der Waals surface area (Å²) in [5, 5.41) is 20.2. The maximum absolute atomic E-state index is 13.4. The number of halogens is 3. The van der Waals surface area contributed by atoms with Gasteiger partial charge in [0.05, 0.1) is 47.0 Å². The number of aldehydes is 1. The first-order valence-corrected chi connectivity index (χ1v) is 24.8. The number of hydrogen-bond acceptors (Lipinski definition) is 6. The van der Waals surface area contributed by atoms with Gasteiger partial charge in [0.1, 0.15) is 21.6 Å². The molecule has 0 amide bonds. The summed E-state index contributed by atoms with van der Waals surface area (Å²) in [6, 6.07) is 24.5. The summed E-state index contributed by atoms with van der Waals surface area (Å²) in [5.41, 5.74) is 10.00. The van der Waals surface area contributed by atoms with Gasteiger partial charge in [-0.3, -0.25) is 9.97 Å². The molecule has 1 unspecified atom stereocenters. The summed E-state index contributed by atoms with van der Waals surface area (Å²) in [5.74, 6) is -0.487. The van der Waals surface area contributed by atoms with E-state index in [0.29, 0.717) is 12.8 Å². The van der Waals surface area contributed by atoms with Gasteiger partial charge >= 0.3 is 18.9 Å². The Labute approximate surface area is 427 Å². The summed E-state index contributed by atoms with van der Waals surface area (Å²) < 4.78 is 31.4. The van der Waals surface area contributed by atoms with E-state index in [1.807, 2.05) is 58.2 Å². The molecular weight excluding hydrogens is 960 g/mol. The molecule has 0 radical (unpaired) electrons. The number of aliphatic hydroxyl groups excluding tert-OH is 1. The minimum absolute atomic E-state index is 0. The maximum Gasteiger partial charge on any atom is 1.00 e. The Morgan fingerprint density at radius 1 is 0.735 bits per heavy atom. The molecule has 0 bridgehead atoms. The average Bonchev–Trinajstić information content (AvgIpc) is 4.09. The van der Waals surface area contributed by atoms with Crippen LogP contribution in [-0.4, -0.2) is 40.9 Å². The van der Waals surface area contributed by atoms with Crippen LogP contribution in [0, 0.1) is 43.9 Å². The van der Waals surface area contributed by atoms with Gasteiger partial charge in [-0.2, -0.15) is 16.6 Å². The topological polar surface area (TPSA) is 98.7 Å². The van der Waals surface area contributed by atoms with Gasteiger partial charge in [0.25, 0.3) is 0 Å². The third kappa shape index (κ3) is 10.6. The minimum atomic E-state index is -0.569. The third-order valence-electron chi connectivity index (χ3n) is 15.6. The fourth-order valence-corrected chi connectivity index (χ4v) is 11.6. The minimum Gasteiger partial charge on any atom is -0.387 e. The number of fused-ring (bicyclic) bond motifs is 4. The van der Waals surface area contributed by atoms with Crippen LogP contribution in [0.1, 0.15) is 133 Å². The van der Waals surface area contributed by atoms with Gasteiger partial charge in [0.2, 0.25) is 0 Å². The molecule has 352 valence electrons. The molecular formula is C56H64F2ILiN6O2. The van der Waals surface area contributed by atoms with Crippen molar-refractivity contribution in [3.8, 4) is 11.4 Å². The second kappa shape index (κ2) is 22.9. The molecule has 8 nitrogen and oxygen atoms in total. The van der Waals surface area contributed by atoms with E-state index in [-0.39, 0.29) is 52.2 Å². The van der Waals surface area contributed by atoms with E-state index >= 15 is 0 Å². The van der Waals surface area contributed by atoms with Gasteiger partial charge in [-0.15, -0.1) is 0 Å². The smallest absolute Gasteiger partial charge is 0.387 e. The van der Waals surface area contributed by atoms with Crippen molar-refractivity contribution < 1.29 is 37.5 Å². The summed E-state index contributed by atoms with van der Waals surface area (Å²) in [4.78, 5) is 19.7. The predicted octanol–water partition coefficient (Wildman–Crippen LogP) is 10.7. The van der Waals surface area contributed by atoms with Gasteiger partial charge in [0, 0.05) is 18.8 Å². The zero-order valence-electron chi connectivity index (χ0n) is 40.6. The van der Waals surface area contributed by atoms with Gasteiger partial charge < -0.3 is 16.8 Å². The molecule has 0 aliphatic heterocycles. The van der Waals surface area contributed by atoms with Gasteiger partial charge in [-0.1, -0.05) is 64.3 Å². The molecule has 10 rings (SSSR count). The van der Waals surface area contributed by atoms with Crippen molar-refractivity contribution in [2.45, 2.75) is 118 Å². The van der Waals surface area contributed by atoms with E-state index in [1.54, 1.807) is 36.7 Å². The van der Waals surface area contributed by atoms with Crippen molar-refractivity contribution >= 4 is 41.0 Å². The molecule has 4 aromatic heterocycles. The second-order valence-electron chi connectivity index (χ2n) is 18.9. The van der Waals surface area contributed by atoms with Crippen LogP contribution in [0.3, 0.4) is 0 Å². The quantitative estimate of drug-likeness (QED) is 0.0483. The summed E-state index contributed by atoms with van der Waals surface area (Å²) in [6.45, 7) is 14.8. The number of allylic oxidation sites excluding steroid dienone is 2. The van der Waals surface area contributed by atoms with E-state index in [1.165, 1.54) is 53.0 Å². The van der Waals surface area contributed by atoms with Crippen molar-refractivity contribution in [1.29, 1.82) is 0 Å². The SMILES string of the molecule is CC[C@@]1(CC(O)c2ccccn2)CCC2=Cc3c(cnn3-c3ccc(F)cc3)C[C@@]21C.CC[C@@]1(CC=O)CCC2=Cc3c(cnn3-c3ccc(F)cc3)C[C@@]21C.Ic1ccccn1.[CH2-]CCC.[Li+]. The molecule has 0 spiro atoms. The van der Waals surface area contributed by atoms with Crippen molar-refractivity contribution in [3.63, 3.8) is 0 Å². The van der Waals surface area contributed by atoms with Gasteiger partial charge in [-0.25, -0.2) is 18.1 Å². The zero-order valence-corrected chi connectivity index (χ0v) is 42.7. The van der Waals surface area contributed by atoms with Gasteiger partial charge in [-0.05, 0) is 198 Å². The number of unbranched alkanes of at least 4 members (excludes halogenated alkanes) is 1. The number of rotatable bonds is 10. The summed E-state index contributed by atoms with van der Waals surface area (Å²) >= 11 is 2.17. The van der Waals surface area contributed by atoms with Crippen molar-refractivity contribution in [1.82, 2.24) is 29.5 Å². The van der Waals surface area contributed by atoms with Gasteiger partial charge in [0.15, 0.2) is 0 Å². The van der Waals surface area contributed by atoms with Crippen molar-refractivity contribution in [2.24, 2.45) is 21.7 Å². The number of carbonyl (C=O) groups is 1. The first kappa shape index (κ1) is 52.8. The van der Waals surface area contributed by atoms with Crippen molar-refractivity contribution in [2.75, 3.05) is 0 Å². The Balaban J connectivity index is 0.000000183. The van der Waals surface area contributed by atoms with Crippen molar-refractivity contribution in [3.05, 3.63) is 171 Å². The monoisotopic (exact) mass is 1020 g/mol. The van der Waals surface area contributed by atoms with Crippen LogP contribution in [-0.2, 0) is 17.6 Å². The van der Waals surface area contributed by atoms with E-state index in [0.717, 1.165) is 96.2 Å². The number of pyridine rings is 2. The van der Waals surface area contributed by atoms with Crippen LogP contribution in [0.15, 0.2) is 121 Å². The number of nitrogens with zero attached hydrogens (tertiary/aromatic N) is 6. The fourth-order valence-electron chi connectivity index (χ4n) is 11.3. The molecule has 68 heavy (non-hydrogen) atoms. The predicted molar refractivity (Wildman–Crippen MR) is 272 cm³/mol. The molecule has 4 heterocycles. The molecule has 5 atom stereocenters.